The molecule has 0 saturated heterocycles. The van der Waals surface area contributed by atoms with E-state index in [0.717, 1.165) is 42.1 Å². The van der Waals surface area contributed by atoms with E-state index in [1.54, 1.807) is 0 Å². The van der Waals surface area contributed by atoms with Crippen molar-refractivity contribution in [2.24, 2.45) is 35.3 Å². The lowest BCUT2D eigenvalue weighted by atomic mass is 9.76. The Bertz CT molecular complexity index is 550. The fraction of sp³-hybridized carbons (Fsp3) is 0.684. The van der Waals surface area contributed by atoms with Gasteiger partial charge in [-0.1, -0.05) is 32.1 Å². The van der Waals surface area contributed by atoms with Gasteiger partial charge in [0.05, 0.1) is 5.70 Å². The molecule has 0 spiro atoms. The maximum Gasteiger partial charge on any atom is 0.142 e. The first kappa shape index (κ1) is 13.5. The van der Waals surface area contributed by atoms with Crippen molar-refractivity contribution in [3.05, 3.63) is 35.3 Å². The highest BCUT2D eigenvalue weighted by molar-refractivity contribution is 5.38. The molecule has 0 aromatic carbocycles. The SMILES string of the molecule is CCC(C)(OC1=C2CCC2C=C[C@@H](C)C=C1N)C1C2CC21. The normalized spacial score (nSPS) is 42.6. The summed E-state index contributed by atoms with van der Waals surface area (Å²) in [6.07, 6.45) is 11.7. The molecule has 21 heavy (non-hydrogen) atoms. The second-order valence-electron chi connectivity index (χ2n) is 7.72. The van der Waals surface area contributed by atoms with Gasteiger partial charge in [-0.25, -0.2) is 0 Å². The molecule has 0 radical (unpaired) electrons. The Kier molecular flexibility index (Phi) is 2.83. The average molecular weight is 285 g/mol. The van der Waals surface area contributed by atoms with Crippen LogP contribution >= 0.6 is 0 Å². The van der Waals surface area contributed by atoms with Crippen molar-refractivity contribution in [3.63, 3.8) is 0 Å². The summed E-state index contributed by atoms with van der Waals surface area (Å²) in [5.74, 6) is 4.67. The van der Waals surface area contributed by atoms with E-state index >= 15 is 0 Å². The number of allylic oxidation sites excluding steroid dienone is 4. The molecule has 4 aliphatic carbocycles. The summed E-state index contributed by atoms with van der Waals surface area (Å²) in [6.45, 7) is 6.75. The van der Waals surface area contributed by atoms with Crippen LogP contribution in [0.2, 0.25) is 0 Å². The molecule has 3 fully saturated rings. The summed E-state index contributed by atoms with van der Waals surface area (Å²) in [5.41, 5.74) is 8.68. The molecule has 4 aliphatic rings. The number of hydrogen-bond acceptors (Lipinski definition) is 2. The number of ether oxygens (including phenoxy) is 1. The van der Waals surface area contributed by atoms with Crippen molar-refractivity contribution in [3.8, 4) is 0 Å². The van der Waals surface area contributed by atoms with Gasteiger partial charge in [-0.05, 0) is 55.9 Å². The minimum atomic E-state index is -0.0132. The molecule has 114 valence electrons. The van der Waals surface area contributed by atoms with Crippen molar-refractivity contribution < 1.29 is 4.74 Å². The van der Waals surface area contributed by atoms with Crippen LogP contribution in [-0.2, 0) is 4.74 Å². The lowest BCUT2D eigenvalue weighted by Crippen LogP contribution is -2.36. The van der Waals surface area contributed by atoms with Gasteiger partial charge in [0.25, 0.3) is 0 Å². The Labute approximate surface area is 128 Å². The van der Waals surface area contributed by atoms with Crippen LogP contribution < -0.4 is 5.73 Å². The Morgan fingerprint density at radius 1 is 1.33 bits per heavy atom. The third-order valence-corrected chi connectivity index (χ3v) is 6.23. The van der Waals surface area contributed by atoms with Crippen LogP contribution in [0.3, 0.4) is 0 Å². The van der Waals surface area contributed by atoms with Gasteiger partial charge < -0.3 is 10.5 Å². The van der Waals surface area contributed by atoms with E-state index in [-0.39, 0.29) is 5.60 Å². The van der Waals surface area contributed by atoms with E-state index in [2.05, 4.69) is 39.0 Å². The van der Waals surface area contributed by atoms with Gasteiger partial charge in [0, 0.05) is 11.8 Å². The first-order chi connectivity index (χ1) is 10.0. The van der Waals surface area contributed by atoms with Gasteiger partial charge in [-0.15, -0.1) is 0 Å². The zero-order valence-electron chi connectivity index (χ0n) is 13.4. The molecule has 2 nitrogen and oxygen atoms in total. The van der Waals surface area contributed by atoms with E-state index in [4.69, 9.17) is 10.5 Å². The molecule has 2 heteroatoms. The van der Waals surface area contributed by atoms with Crippen LogP contribution in [0.5, 0.6) is 0 Å². The Morgan fingerprint density at radius 2 is 2.10 bits per heavy atom. The molecule has 0 aromatic heterocycles. The molecular weight excluding hydrogens is 258 g/mol. The van der Waals surface area contributed by atoms with Gasteiger partial charge in [-0.2, -0.15) is 0 Å². The summed E-state index contributed by atoms with van der Waals surface area (Å²) in [7, 11) is 0. The Morgan fingerprint density at radius 3 is 2.62 bits per heavy atom. The van der Waals surface area contributed by atoms with Gasteiger partial charge >= 0.3 is 0 Å². The van der Waals surface area contributed by atoms with E-state index in [1.807, 2.05) is 0 Å². The van der Waals surface area contributed by atoms with Crippen LogP contribution in [0, 0.1) is 29.6 Å². The summed E-state index contributed by atoms with van der Waals surface area (Å²) < 4.78 is 6.64. The zero-order valence-corrected chi connectivity index (χ0v) is 13.4. The van der Waals surface area contributed by atoms with E-state index in [9.17, 15) is 0 Å². The van der Waals surface area contributed by atoms with Crippen molar-refractivity contribution in [1.29, 1.82) is 0 Å². The monoisotopic (exact) mass is 285 g/mol. The molecule has 4 rings (SSSR count). The maximum atomic E-state index is 6.64. The highest BCUT2D eigenvalue weighted by Gasteiger charge is 2.71. The molecule has 2 N–H and O–H groups in total. The maximum absolute atomic E-state index is 6.64. The number of fused-ring (bicyclic) bond motifs is 2. The first-order valence-electron chi connectivity index (χ1n) is 8.61. The zero-order chi connectivity index (χ0) is 14.8. The van der Waals surface area contributed by atoms with Crippen molar-refractivity contribution in [2.75, 3.05) is 0 Å². The lowest BCUT2D eigenvalue weighted by molar-refractivity contribution is -0.0202. The number of hydrogen-bond donors (Lipinski definition) is 1. The number of rotatable bonds is 4. The first-order valence-corrected chi connectivity index (χ1v) is 8.61. The largest absolute Gasteiger partial charge is 0.485 e. The fourth-order valence-electron chi connectivity index (χ4n) is 4.28. The lowest BCUT2D eigenvalue weighted by Gasteiger charge is -2.38. The highest BCUT2D eigenvalue weighted by atomic mass is 16.5. The summed E-state index contributed by atoms with van der Waals surface area (Å²) in [4.78, 5) is 0. The van der Waals surface area contributed by atoms with Crippen molar-refractivity contribution >= 4 is 0 Å². The molecule has 0 heterocycles. The summed E-state index contributed by atoms with van der Waals surface area (Å²) in [6, 6.07) is 0. The molecule has 0 amide bonds. The van der Waals surface area contributed by atoms with E-state index in [1.165, 1.54) is 18.4 Å². The van der Waals surface area contributed by atoms with Crippen LogP contribution in [0.1, 0.15) is 46.5 Å². The van der Waals surface area contributed by atoms with Gasteiger partial charge in [0.1, 0.15) is 11.4 Å². The standard InChI is InChI=1S/C19H27NO/c1-4-19(3,17-14-10-15(14)17)21-18-13-8-7-12(13)6-5-11(2)9-16(18)20/h5-6,9,11-12,14-15,17H,4,7-8,10,20H2,1-3H3/t11-,12?,14?,15?,17?,19?/m1/s1. The molecule has 4 unspecified atom stereocenters. The molecule has 0 bridgehead atoms. The second-order valence-corrected chi connectivity index (χ2v) is 7.72. The van der Waals surface area contributed by atoms with Gasteiger partial charge in [-0.3, -0.25) is 0 Å². The quantitative estimate of drug-likeness (QED) is 0.788. The minimum absolute atomic E-state index is 0.0132. The Hall–Kier alpha value is -1.18. The van der Waals surface area contributed by atoms with Gasteiger partial charge in [0.15, 0.2) is 0 Å². The van der Waals surface area contributed by atoms with Gasteiger partial charge in [0.2, 0.25) is 0 Å². The van der Waals surface area contributed by atoms with Crippen LogP contribution in [0.15, 0.2) is 35.3 Å². The molecule has 0 aliphatic heterocycles. The average Bonchev–Trinajstić information content (AvgIpc) is 3.26. The Balaban J connectivity index is 1.65. The fourth-order valence-corrected chi connectivity index (χ4v) is 4.28. The number of nitrogens with two attached hydrogens (primary N) is 1. The predicted octanol–water partition coefficient (Wildman–Crippen LogP) is 4.15. The van der Waals surface area contributed by atoms with Crippen molar-refractivity contribution in [1.82, 2.24) is 0 Å². The van der Waals surface area contributed by atoms with E-state index in [0.29, 0.717) is 11.8 Å². The summed E-state index contributed by atoms with van der Waals surface area (Å²) in [5, 5.41) is 0. The predicted molar refractivity (Wildman–Crippen MR) is 85.2 cm³/mol. The van der Waals surface area contributed by atoms with Crippen LogP contribution in [-0.4, -0.2) is 5.60 Å². The van der Waals surface area contributed by atoms with E-state index < -0.39 is 0 Å². The van der Waals surface area contributed by atoms with Crippen LogP contribution in [0.4, 0.5) is 0 Å². The molecule has 0 aromatic rings. The third kappa shape index (κ3) is 2.06. The second kappa shape index (κ2) is 4.41. The van der Waals surface area contributed by atoms with Crippen molar-refractivity contribution in [2.45, 2.75) is 52.1 Å². The third-order valence-electron chi connectivity index (χ3n) is 6.23. The molecular formula is C19H27NO. The molecule has 5 atom stereocenters. The minimum Gasteiger partial charge on any atom is -0.485 e. The molecule has 3 saturated carbocycles. The van der Waals surface area contributed by atoms with Crippen LogP contribution in [0.25, 0.3) is 0 Å². The highest BCUT2D eigenvalue weighted by Crippen LogP contribution is 2.73. The smallest absolute Gasteiger partial charge is 0.142 e. The summed E-state index contributed by atoms with van der Waals surface area (Å²) >= 11 is 0. The topological polar surface area (TPSA) is 35.2 Å².